The van der Waals surface area contributed by atoms with Crippen molar-refractivity contribution in [3.8, 4) is 0 Å². The average molecular weight is 502 g/mol. The minimum absolute atomic E-state index is 0.0847. The van der Waals surface area contributed by atoms with Crippen LogP contribution < -0.4 is 5.32 Å². The molecule has 0 fully saturated rings. The SMILES string of the molecule is CC(C)C.CCOC(=O)/C(C)=C/[C@H](C(C)C)N(C)C(=O)CNC(=O)C1(N(C)C)Cc2ccccc2C1. The second-order valence-corrected chi connectivity index (χ2v) is 10.8. The highest BCUT2D eigenvalue weighted by Gasteiger charge is 2.45. The van der Waals surface area contributed by atoms with E-state index >= 15 is 0 Å². The van der Waals surface area contributed by atoms with E-state index in [2.05, 4.69) is 38.2 Å². The van der Waals surface area contributed by atoms with E-state index in [0.29, 0.717) is 25.0 Å². The largest absolute Gasteiger partial charge is 0.463 e. The molecular formula is C29H47N3O4. The van der Waals surface area contributed by atoms with Crippen molar-refractivity contribution in [2.45, 2.75) is 72.9 Å². The molecule has 1 atom stereocenters. The number of ether oxygens (including phenoxy) is 1. The van der Waals surface area contributed by atoms with E-state index in [1.807, 2.05) is 45.0 Å². The first-order valence-corrected chi connectivity index (χ1v) is 12.9. The summed E-state index contributed by atoms with van der Waals surface area (Å²) in [6, 6.07) is 7.79. The summed E-state index contributed by atoms with van der Waals surface area (Å²) in [6.07, 6.45) is 2.99. The third-order valence-corrected chi connectivity index (χ3v) is 6.30. The minimum atomic E-state index is -0.708. The normalized spacial score (nSPS) is 15.2. The highest BCUT2D eigenvalue weighted by molar-refractivity contribution is 5.92. The predicted molar refractivity (Wildman–Crippen MR) is 146 cm³/mol. The first-order chi connectivity index (χ1) is 16.8. The van der Waals surface area contributed by atoms with E-state index < -0.39 is 5.54 Å². The van der Waals surface area contributed by atoms with Crippen LogP contribution >= 0.6 is 0 Å². The van der Waals surface area contributed by atoms with Gasteiger partial charge in [-0.25, -0.2) is 4.79 Å². The van der Waals surface area contributed by atoms with Crippen molar-refractivity contribution in [2.24, 2.45) is 11.8 Å². The molecule has 0 unspecified atom stereocenters. The Morgan fingerprint density at radius 2 is 1.53 bits per heavy atom. The van der Waals surface area contributed by atoms with E-state index in [1.165, 1.54) is 11.1 Å². The zero-order chi connectivity index (χ0) is 27.6. The highest BCUT2D eigenvalue weighted by Crippen LogP contribution is 2.33. The Hall–Kier alpha value is -2.67. The van der Waals surface area contributed by atoms with Crippen LogP contribution in [-0.4, -0.2) is 73.5 Å². The second kappa shape index (κ2) is 14.2. The summed E-state index contributed by atoms with van der Waals surface area (Å²) in [6.45, 7) is 14.1. The number of esters is 1. The zero-order valence-corrected chi connectivity index (χ0v) is 24.0. The third-order valence-electron chi connectivity index (χ3n) is 6.30. The van der Waals surface area contributed by atoms with Gasteiger partial charge in [0.25, 0.3) is 0 Å². The Morgan fingerprint density at radius 1 is 1.03 bits per heavy atom. The number of nitrogens with one attached hydrogen (secondary N) is 1. The van der Waals surface area contributed by atoms with Gasteiger partial charge in [-0.3, -0.25) is 14.5 Å². The van der Waals surface area contributed by atoms with Gasteiger partial charge in [0.2, 0.25) is 11.8 Å². The van der Waals surface area contributed by atoms with Crippen LogP contribution in [0.4, 0.5) is 0 Å². The summed E-state index contributed by atoms with van der Waals surface area (Å²) in [5, 5.41) is 2.87. The lowest BCUT2D eigenvalue weighted by atomic mass is 9.93. The predicted octanol–water partition coefficient (Wildman–Crippen LogP) is 3.86. The Balaban J connectivity index is 0.00000150. The molecule has 0 spiro atoms. The Labute approximate surface area is 218 Å². The quantitative estimate of drug-likeness (QED) is 0.411. The number of fused-ring (bicyclic) bond motifs is 1. The fourth-order valence-corrected chi connectivity index (χ4v) is 4.21. The zero-order valence-electron chi connectivity index (χ0n) is 24.0. The molecule has 1 aliphatic carbocycles. The molecule has 0 radical (unpaired) electrons. The molecule has 0 bridgehead atoms. The monoisotopic (exact) mass is 501 g/mol. The van der Waals surface area contributed by atoms with Crippen LogP contribution in [0, 0.1) is 11.8 Å². The van der Waals surface area contributed by atoms with Gasteiger partial charge in [-0.1, -0.05) is 65.0 Å². The lowest BCUT2D eigenvalue weighted by molar-refractivity contribution is -0.138. The number of carbonyl (C=O) groups is 3. The van der Waals surface area contributed by atoms with Gasteiger partial charge in [0.15, 0.2) is 0 Å². The summed E-state index contributed by atoms with van der Waals surface area (Å²) in [5.41, 5.74) is 2.09. The smallest absolute Gasteiger partial charge is 0.333 e. The van der Waals surface area contributed by atoms with Gasteiger partial charge in [0.05, 0.1) is 19.2 Å². The maximum Gasteiger partial charge on any atom is 0.333 e. The molecule has 1 aromatic rings. The fraction of sp³-hybridized carbons (Fsp3) is 0.621. The maximum absolute atomic E-state index is 13.3. The highest BCUT2D eigenvalue weighted by atomic mass is 16.5. The number of rotatable bonds is 9. The average Bonchev–Trinajstić information content (AvgIpc) is 3.21. The maximum atomic E-state index is 13.3. The summed E-state index contributed by atoms with van der Waals surface area (Å²) in [5.74, 6) is 0.164. The van der Waals surface area contributed by atoms with Gasteiger partial charge in [-0.15, -0.1) is 0 Å². The Bertz CT molecular complexity index is 893. The minimum Gasteiger partial charge on any atom is -0.463 e. The van der Waals surface area contributed by atoms with E-state index in [1.54, 1.807) is 31.9 Å². The van der Waals surface area contributed by atoms with Crippen LogP contribution in [0.3, 0.4) is 0 Å². The standard InChI is InChI=1S/C25H37N3O4.C4H10/c1-8-32-23(30)18(4)13-21(17(2)3)28(7)22(29)16-26-24(31)25(27(5)6)14-19-11-9-10-12-20(19)15-25;1-4(2)3/h9-13,17,21H,8,14-16H2,1-7H3,(H,26,31);4H,1-3H3/b18-13+;/t21-;/m1./s1. The lowest BCUT2D eigenvalue weighted by Crippen LogP contribution is -2.58. The van der Waals surface area contributed by atoms with Gasteiger partial charge in [0, 0.05) is 25.5 Å². The summed E-state index contributed by atoms with van der Waals surface area (Å²) >= 11 is 0. The van der Waals surface area contributed by atoms with Crippen molar-refractivity contribution in [2.75, 3.05) is 34.3 Å². The lowest BCUT2D eigenvalue weighted by Gasteiger charge is -2.35. The molecule has 202 valence electrons. The van der Waals surface area contributed by atoms with Crippen molar-refractivity contribution in [1.82, 2.24) is 15.1 Å². The van der Waals surface area contributed by atoms with Crippen molar-refractivity contribution in [3.63, 3.8) is 0 Å². The van der Waals surface area contributed by atoms with Crippen LogP contribution in [0.5, 0.6) is 0 Å². The van der Waals surface area contributed by atoms with Gasteiger partial charge in [0.1, 0.15) is 5.54 Å². The molecule has 0 saturated carbocycles. The number of benzene rings is 1. The molecule has 1 aromatic carbocycles. The van der Waals surface area contributed by atoms with Crippen molar-refractivity contribution >= 4 is 17.8 Å². The number of hydrogen-bond donors (Lipinski definition) is 1. The molecular weight excluding hydrogens is 454 g/mol. The molecule has 36 heavy (non-hydrogen) atoms. The number of amides is 2. The van der Waals surface area contributed by atoms with Gasteiger partial charge in [-0.05, 0) is 50.9 Å². The van der Waals surface area contributed by atoms with E-state index in [9.17, 15) is 14.4 Å². The van der Waals surface area contributed by atoms with Gasteiger partial charge in [-0.2, -0.15) is 0 Å². The van der Waals surface area contributed by atoms with Crippen LogP contribution in [0.15, 0.2) is 35.9 Å². The van der Waals surface area contributed by atoms with Crippen molar-refractivity contribution in [1.29, 1.82) is 0 Å². The molecule has 2 rings (SSSR count). The summed E-state index contributed by atoms with van der Waals surface area (Å²) in [4.78, 5) is 41.7. The molecule has 0 heterocycles. The molecule has 0 aromatic heterocycles. The number of carbonyl (C=O) groups excluding carboxylic acids is 3. The Morgan fingerprint density at radius 3 is 1.94 bits per heavy atom. The number of nitrogens with zero attached hydrogens (tertiary/aromatic N) is 2. The molecule has 0 aliphatic heterocycles. The molecule has 7 nitrogen and oxygen atoms in total. The molecule has 7 heteroatoms. The topological polar surface area (TPSA) is 79.0 Å². The van der Waals surface area contributed by atoms with E-state index in [0.717, 1.165) is 5.92 Å². The third kappa shape index (κ3) is 8.47. The van der Waals surface area contributed by atoms with E-state index in [4.69, 9.17) is 4.74 Å². The van der Waals surface area contributed by atoms with Crippen LogP contribution in [-0.2, 0) is 32.0 Å². The summed E-state index contributed by atoms with van der Waals surface area (Å²) in [7, 11) is 5.50. The number of hydrogen-bond acceptors (Lipinski definition) is 5. The van der Waals surface area contributed by atoms with Crippen LogP contribution in [0.1, 0.15) is 59.6 Å². The Kier molecular flexibility index (Phi) is 12.3. The first-order valence-electron chi connectivity index (χ1n) is 12.9. The fourth-order valence-electron chi connectivity index (χ4n) is 4.21. The molecule has 1 N–H and O–H groups in total. The van der Waals surface area contributed by atoms with E-state index in [-0.39, 0.29) is 36.3 Å². The second-order valence-electron chi connectivity index (χ2n) is 10.8. The van der Waals surface area contributed by atoms with Gasteiger partial charge < -0.3 is 15.0 Å². The van der Waals surface area contributed by atoms with Crippen LogP contribution in [0.2, 0.25) is 0 Å². The first kappa shape index (κ1) is 31.4. The molecule has 1 aliphatic rings. The summed E-state index contributed by atoms with van der Waals surface area (Å²) < 4.78 is 5.05. The van der Waals surface area contributed by atoms with Crippen molar-refractivity contribution < 1.29 is 19.1 Å². The number of likely N-dealkylation sites (N-methyl/N-ethyl adjacent to an activating group) is 2. The van der Waals surface area contributed by atoms with Crippen molar-refractivity contribution in [3.05, 3.63) is 47.0 Å². The van der Waals surface area contributed by atoms with Crippen LogP contribution in [0.25, 0.3) is 0 Å². The van der Waals surface area contributed by atoms with Gasteiger partial charge >= 0.3 is 5.97 Å². The molecule has 2 amide bonds. The molecule has 0 saturated heterocycles.